The van der Waals surface area contributed by atoms with Gasteiger partial charge in [0.1, 0.15) is 11.6 Å². The van der Waals surface area contributed by atoms with Crippen LogP contribution in [0.5, 0.6) is 11.6 Å². The number of likely N-dealkylation sites (tertiary alicyclic amines) is 1. The zero-order valence-corrected chi connectivity index (χ0v) is 26.2. The smallest absolute Gasteiger partial charge is 0.319 e. The van der Waals surface area contributed by atoms with Crippen molar-refractivity contribution in [1.29, 1.82) is 0 Å². The van der Waals surface area contributed by atoms with Gasteiger partial charge in [-0.1, -0.05) is 35.9 Å². The molecular formula is C33H35FN6O5S. The number of primary amides is 1. The fourth-order valence-electron chi connectivity index (χ4n) is 5.43. The van der Waals surface area contributed by atoms with Gasteiger partial charge in [-0.25, -0.2) is 22.6 Å². The van der Waals surface area contributed by atoms with E-state index < -0.39 is 27.8 Å². The zero-order chi connectivity index (χ0) is 32.8. The van der Waals surface area contributed by atoms with Gasteiger partial charge in [-0.05, 0) is 73.4 Å². The van der Waals surface area contributed by atoms with Crippen LogP contribution in [0.2, 0.25) is 0 Å². The van der Waals surface area contributed by atoms with E-state index in [9.17, 15) is 22.4 Å². The van der Waals surface area contributed by atoms with Crippen molar-refractivity contribution in [3.8, 4) is 11.6 Å². The number of carbonyl (C=O) groups is 2. The van der Waals surface area contributed by atoms with Gasteiger partial charge in [0, 0.05) is 48.8 Å². The number of sulfonamides is 1. The number of pyridine rings is 1. The van der Waals surface area contributed by atoms with Gasteiger partial charge in [0.2, 0.25) is 15.9 Å². The quantitative estimate of drug-likeness (QED) is 0.182. The molecule has 0 spiro atoms. The van der Waals surface area contributed by atoms with E-state index in [0.29, 0.717) is 43.2 Å². The average molecular weight is 647 g/mol. The molecule has 11 nitrogen and oxygen atoms in total. The van der Waals surface area contributed by atoms with Crippen LogP contribution in [0.25, 0.3) is 0 Å². The second-order valence-corrected chi connectivity index (χ2v) is 13.0. The topological polar surface area (TPSA) is 156 Å². The predicted molar refractivity (Wildman–Crippen MR) is 174 cm³/mol. The van der Waals surface area contributed by atoms with Crippen LogP contribution < -0.4 is 25.8 Å². The maximum atomic E-state index is 13.9. The number of carbonyl (C=O) groups excluding carboxylic acids is 2. The van der Waals surface area contributed by atoms with Gasteiger partial charge in [0.05, 0.1) is 11.8 Å². The lowest BCUT2D eigenvalue weighted by Crippen LogP contribution is -2.47. The van der Waals surface area contributed by atoms with Crippen molar-refractivity contribution in [2.45, 2.75) is 38.4 Å². The van der Waals surface area contributed by atoms with Crippen LogP contribution in [0.4, 0.5) is 20.6 Å². The Morgan fingerprint density at radius 3 is 2.48 bits per heavy atom. The van der Waals surface area contributed by atoms with Gasteiger partial charge in [-0.15, -0.1) is 0 Å². The number of ether oxygens (including phenoxy) is 1. The molecule has 0 aliphatic carbocycles. The van der Waals surface area contributed by atoms with Crippen molar-refractivity contribution in [1.82, 2.24) is 15.2 Å². The number of aromatic nitrogens is 1. The molecule has 3 amide bonds. The van der Waals surface area contributed by atoms with E-state index in [0.717, 1.165) is 29.0 Å². The molecule has 1 aliphatic rings. The average Bonchev–Trinajstić information content (AvgIpc) is 3.00. The summed E-state index contributed by atoms with van der Waals surface area (Å²) in [5, 5.41) is 5.70. The van der Waals surface area contributed by atoms with Crippen LogP contribution in [0.1, 0.15) is 45.9 Å². The van der Waals surface area contributed by atoms with Crippen LogP contribution in [-0.2, 0) is 16.6 Å². The molecule has 3 aromatic carbocycles. The highest BCUT2D eigenvalue weighted by Crippen LogP contribution is 2.33. The summed E-state index contributed by atoms with van der Waals surface area (Å²) >= 11 is 0. The Bertz CT molecular complexity index is 1820. The normalized spacial score (nSPS) is 16.8. The highest BCUT2D eigenvalue weighted by molar-refractivity contribution is 7.92. The Kier molecular flexibility index (Phi) is 9.83. The molecule has 13 heteroatoms. The second kappa shape index (κ2) is 14.0. The summed E-state index contributed by atoms with van der Waals surface area (Å²) in [7, 11) is -3.37. The molecule has 2 unspecified atom stereocenters. The number of hydrogen-bond acceptors (Lipinski definition) is 7. The first kappa shape index (κ1) is 32.4. The zero-order valence-electron chi connectivity index (χ0n) is 25.4. The van der Waals surface area contributed by atoms with Gasteiger partial charge < -0.3 is 21.1 Å². The maximum absolute atomic E-state index is 13.9. The maximum Gasteiger partial charge on any atom is 0.319 e. The molecular weight excluding hydrogens is 611 g/mol. The second-order valence-electron chi connectivity index (χ2n) is 11.3. The van der Waals surface area contributed by atoms with Crippen LogP contribution in [-0.4, -0.2) is 49.1 Å². The first-order chi connectivity index (χ1) is 21.9. The summed E-state index contributed by atoms with van der Waals surface area (Å²) in [6.07, 6.45) is 4.21. The summed E-state index contributed by atoms with van der Waals surface area (Å²) < 4.78 is 45.0. The molecule has 5 N–H and O–H groups in total. The lowest BCUT2D eigenvalue weighted by molar-refractivity contribution is 0.0996. The first-order valence-electron chi connectivity index (χ1n) is 14.6. The summed E-state index contributed by atoms with van der Waals surface area (Å²) in [4.78, 5) is 31.2. The van der Waals surface area contributed by atoms with Crippen LogP contribution in [0.3, 0.4) is 0 Å². The van der Waals surface area contributed by atoms with E-state index in [4.69, 9.17) is 10.5 Å². The molecule has 0 saturated carbocycles. The Labute approximate surface area is 267 Å². The van der Waals surface area contributed by atoms with Crippen molar-refractivity contribution in [3.63, 3.8) is 0 Å². The van der Waals surface area contributed by atoms with Crippen LogP contribution >= 0.6 is 0 Å². The molecule has 1 aromatic heterocycles. The number of halogens is 1. The van der Waals surface area contributed by atoms with Gasteiger partial charge in [-0.3, -0.25) is 14.4 Å². The highest BCUT2D eigenvalue weighted by Gasteiger charge is 2.31. The third kappa shape index (κ3) is 8.79. The van der Waals surface area contributed by atoms with Crippen LogP contribution in [0, 0.1) is 12.7 Å². The lowest BCUT2D eigenvalue weighted by atomic mass is 9.90. The number of amides is 3. The molecule has 1 aliphatic heterocycles. The van der Waals surface area contributed by atoms with E-state index in [2.05, 4.69) is 37.4 Å². The minimum absolute atomic E-state index is 0.0150. The third-order valence-electron chi connectivity index (χ3n) is 7.53. The molecule has 1 fully saturated rings. The Morgan fingerprint density at radius 1 is 1.04 bits per heavy atom. The molecule has 0 bridgehead atoms. The summed E-state index contributed by atoms with van der Waals surface area (Å²) in [6, 6.07) is 21.7. The largest absolute Gasteiger partial charge is 0.439 e. The summed E-state index contributed by atoms with van der Waals surface area (Å²) in [6.45, 7) is 3.38. The molecule has 2 heterocycles. The molecule has 2 atom stereocenters. The van der Waals surface area contributed by atoms with Gasteiger partial charge in [0.15, 0.2) is 0 Å². The van der Waals surface area contributed by atoms with Crippen molar-refractivity contribution in [2.24, 2.45) is 5.73 Å². The summed E-state index contributed by atoms with van der Waals surface area (Å²) in [5.41, 5.74) is 8.90. The van der Waals surface area contributed by atoms with E-state index in [-0.39, 0.29) is 23.3 Å². The van der Waals surface area contributed by atoms with E-state index >= 15 is 0 Å². The fraction of sp³-hybridized carbons (Fsp3) is 0.242. The SMILES string of the molecule is Cc1cccc(C2CC(NC(=O)Nc3ccc(F)c(C(N)=O)c3)CCN2Cc2ccc(Oc3ccc(NS(C)(=O)=O)cc3)nc2)c1. The van der Waals surface area contributed by atoms with Crippen molar-refractivity contribution >= 4 is 33.3 Å². The molecule has 0 radical (unpaired) electrons. The molecule has 46 heavy (non-hydrogen) atoms. The Hall–Kier alpha value is -5.01. The van der Waals surface area contributed by atoms with E-state index in [1.807, 2.05) is 25.1 Å². The first-order valence-corrected chi connectivity index (χ1v) is 16.5. The molecule has 1 saturated heterocycles. The number of nitrogens with two attached hydrogens (primary N) is 1. The van der Waals surface area contributed by atoms with Gasteiger partial charge >= 0.3 is 6.03 Å². The number of aryl methyl sites for hydroxylation is 1. The number of rotatable bonds is 10. The van der Waals surface area contributed by atoms with Crippen molar-refractivity contribution in [3.05, 3.63) is 113 Å². The van der Waals surface area contributed by atoms with Crippen molar-refractivity contribution in [2.75, 3.05) is 22.8 Å². The number of urea groups is 1. The molecule has 5 rings (SSSR count). The number of benzene rings is 3. The number of hydrogen-bond donors (Lipinski definition) is 4. The van der Waals surface area contributed by atoms with E-state index in [1.165, 1.54) is 12.1 Å². The third-order valence-corrected chi connectivity index (χ3v) is 8.13. The highest BCUT2D eigenvalue weighted by atomic mass is 32.2. The van der Waals surface area contributed by atoms with Gasteiger partial charge in [0.25, 0.3) is 5.91 Å². The molecule has 4 aromatic rings. The summed E-state index contributed by atoms with van der Waals surface area (Å²) in [5.74, 6) is -0.741. The number of anilines is 2. The lowest BCUT2D eigenvalue weighted by Gasteiger charge is -2.40. The number of piperidine rings is 1. The Balaban J connectivity index is 1.23. The number of nitrogens with zero attached hydrogens (tertiary/aromatic N) is 2. The van der Waals surface area contributed by atoms with Gasteiger partial charge in [-0.2, -0.15) is 0 Å². The standard InChI is InChI=1S/C33H35FN6O5S/c1-21-4-3-5-23(16-21)30-18-26(38-33(42)37-25-9-12-29(34)28(17-25)32(35)41)14-15-40(30)20-22-6-13-31(36-19-22)45-27-10-7-24(8-11-27)39-46(2,43)44/h3-13,16-17,19,26,30,39H,14-15,18,20H2,1-2H3,(H2,35,41)(H2,37,38,42). The number of nitrogens with one attached hydrogen (secondary N) is 3. The van der Waals surface area contributed by atoms with Crippen LogP contribution in [0.15, 0.2) is 85.1 Å². The molecule has 240 valence electrons. The fourth-order valence-corrected chi connectivity index (χ4v) is 5.99. The van der Waals surface area contributed by atoms with Crippen molar-refractivity contribution < 1.29 is 27.1 Å². The minimum Gasteiger partial charge on any atom is -0.439 e. The predicted octanol–water partition coefficient (Wildman–Crippen LogP) is 5.32. The minimum atomic E-state index is -3.37. The monoisotopic (exact) mass is 646 g/mol. The Morgan fingerprint density at radius 2 is 1.80 bits per heavy atom. The van der Waals surface area contributed by atoms with E-state index in [1.54, 1.807) is 36.5 Å².